The Balaban J connectivity index is 0.000000183. The molecule has 0 unspecified atom stereocenters. The van der Waals surface area contributed by atoms with E-state index in [0.29, 0.717) is 47.5 Å². The highest BCUT2D eigenvalue weighted by atomic mass is 19.1. The molecule has 4 heterocycles. The van der Waals surface area contributed by atoms with Gasteiger partial charge in [0.05, 0.1) is 54.6 Å². The lowest BCUT2D eigenvalue weighted by molar-refractivity contribution is 0.0592. The molecule has 16 nitrogen and oxygen atoms in total. The van der Waals surface area contributed by atoms with Gasteiger partial charge in [-0.2, -0.15) is 0 Å². The van der Waals surface area contributed by atoms with E-state index in [4.69, 9.17) is 15.6 Å². The van der Waals surface area contributed by atoms with Gasteiger partial charge < -0.3 is 56.3 Å². The smallest absolute Gasteiger partial charge is 0.337 e. The molecule has 10 aromatic rings. The second-order valence-corrected chi connectivity index (χ2v) is 26.8. The summed E-state index contributed by atoms with van der Waals surface area (Å²) in [5.74, 6) is -3.30. The summed E-state index contributed by atoms with van der Waals surface area (Å²) in [5, 5.41) is 41.8. The van der Waals surface area contributed by atoms with Crippen LogP contribution in [0.25, 0.3) is 21.8 Å². The average molecular weight is 1460 g/mol. The molecule has 2 aliphatic heterocycles. The van der Waals surface area contributed by atoms with E-state index in [2.05, 4.69) is 98.5 Å². The van der Waals surface area contributed by atoms with Crippen LogP contribution in [0.2, 0.25) is 0 Å². The Morgan fingerprint density at radius 2 is 0.953 bits per heavy atom. The van der Waals surface area contributed by atoms with Crippen molar-refractivity contribution in [1.82, 2.24) is 25.9 Å². The maximum absolute atomic E-state index is 13.9. The van der Waals surface area contributed by atoms with E-state index in [9.17, 15) is 42.2 Å². The standard InChI is InChI=1S/C33H41F2N3O2.C19H24F2N2O.C15H21NO2.C11H9NO2.C9H7NO/c1-3-5-13-38-14-7-10-26-11-12-27(19-31(26)38)33(40)37-30(18-25-16-28(34)20-29(35)17-25)32(39)22-36-21-24-9-6-8-23(4-2)15-24;1-2-13-4-3-5-14(6-13)11-23-12-19(24)18(22)9-15-7-16(20)10-17(21)8-15;1-3-4-9-16-10-5-6-12-7-8-13(11-14(12)16)15(17)18-2;1-14-11(13)9-5-4-8-3-2-6-12-10(8)7-9;11-8-4-3-7-2-1-5-10-9(7)6-8/h6,8-9,11-12,15-17,19-20,30,32,36,39H,3-5,7,10,13-14,18,21-22H2,1-2H3,(H,37,40);3-8,10,18-19,23-24H,2,9,11-12,22H2,1H3;7-8,11H,3-6,9-10H2,1-2H3;2-7H,1H3;1-6,11H/t30-,32+;18-,19+;;;/m00.../s1. The normalized spacial score (nSPS) is 13.2. The molecule has 107 heavy (non-hydrogen) atoms. The summed E-state index contributed by atoms with van der Waals surface area (Å²) < 4.78 is 63.6. The van der Waals surface area contributed by atoms with Crippen LogP contribution in [0.1, 0.15) is 142 Å². The van der Waals surface area contributed by atoms with Crippen LogP contribution in [-0.2, 0) is 61.1 Å². The van der Waals surface area contributed by atoms with Gasteiger partial charge in [-0.1, -0.05) is 119 Å². The van der Waals surface area contributed by atoms with Crippen molar-refractivity contribution in [2.75, 3.05) is 63.3 Å². The first kappa shape index (κ1) is 82.6. The number of pyridine rings is 2. The number of aliphatic hydroxyl groups excluding tert-OH is 2. The Kier molecular flexibility index (Phi) is 33.1. The largest absolute Gasteiger partial charge is 0.508 e. The van der Waals surface area contributed by atoms with Gasteiger partial charge in [0.2, 0.25) is 0 Å². The lowest BCUT2D eigenvalue weighted by Gasteiger charge is -2.32. The van der Waals surface area contributed by atoms with Gasteiger partial charge in [-0.3, -0.25) is 14.8 Å². The molecule has 0 radical (unpaired) electrons. The molecule has 2 aromatic heterocycles. The zero-order chi connectivity index (χ0) is 76.6. The van der Waals surface area contributed by atoms with Gasteiger partial charge in [-0.25, -0.2) is 27.2 Å². The predicted octanol–water partition coefficient (Wildman–Crippen LogP) is 15.1. The Labute approximate surface area is 626 Å². The van der Waals surface area contributed by atoms with Gasteiger partial charge in [0.25, 0.3) is 5.91 Å². The lowest BCUT2D eigenvalue weighted by atomic mass is 9.97. The van der Waals surface area contributed by atoms with E-state index in [1.54, 1.807) is 36.7 Å². The molecule has 0 bridgehead atoms. The van der Waals surface area contributed by atoms with E-state index in [-0.39, 0.29) is 43.0 Å². The monoisotopic (exact) mass is 1460 g/mol. The minimum atomic E-state index is -0.983. The number of aliphatic hydroxyl groups is 2. The van der Waals surface area contributed by atoms with Crippen LogP contribution in [0, 0.1) is 23.3 Å². The molecule has 0 saturated carbocycles. The highest BCUT2D eigenvalue weighted by Crippen LogP contribution is 2.31. The average Bonchev–Trinajstić information content (AvgIpc) is 0.809. The number of ether oxygens (including phenoxy) is 2. The molecule has 1 amide bonds. The Morgan fingerprint density at radius 1 is 0.505 bits per heavy atom. The van der Waals surface area contributed by atoms with Gasteiger partial charge in [-0.15, -0.1) is 0 Å². The van der Waals surface area contributed by atoms with Crippen LogP contribution >= 0.6 is 0 Å². The number of nitrogens with zero attached hydrogens (tertiary/aromatic N) is 4. The number of benzene rings is 8. The van der Waals surface area contributed by atoms with Crippen LogP contribution in [0.5, 0.6) is 5.75 Å². The quantitative estimate of drug-likeness (QED) is 0.0198. The number of hydrogen-bond donors (Lipinski definition) is 7. The number of phenols is 1. The van der Waals surface area contributed by atoms with Crippen molar-refractivity contribution in [1.29, 1.82) is 0 Å². The Bertz CT molecular complexity index is 4450. The summed E-state index contributed by atoms with van der Waals surface area (Å²) in [5.41, 5.74) is 19.7. The minimum Gasteiger partial charge on any atom is -0.508 e. The van der Waals surface area contributed by atoms with Crippen molar-refractivity contribution >= 4 is 51.0 Å². The number of aromatic nitrogens is 2. The van der Waals surface area contributed by atoms with Crippen molar-refractivity contribution < 1.29 is 56.7 Å². The zero-order valence-electron chi connectivity index (χ0n) is 62.2. The number of aromatic hydroxyl groups is 1. The summed E-state index contributed by atoms with van der Waals surface area (Å²) in [4.78, 5) is 49.2. The van der Waals surface area contributed by atoms with Gasteiger partial charge in [-0.05, 0) is 194 Å². The number of esters is 2. The third-order valence-electron chi connectivity index (χ3n) is 18.7. The van der Waals surface area contributed by atoms with E-state index >= 15 is 0 Å². The molecule has 12 rings (SSSR count). The maximum atomic E-state index is 13.9. The number of halogens is 4. The highest BCUT2D eigenvalue weighted by molar-refractivity contribution is 5.96. The molecule has 4 atom stereocenters. The van der Waals surface area contributed by atoms with Crippen LogP contribution in [0.3, 0.4) is 0 Å². The van der Waals surface area contributed by atoms with Gasteiger partial charge in [0, 0.05) is 117 Å². The number of fused-ring (bicyclic) bond motifs is 4. The number of anilines is 2. The van der Waals surface area contributed by atoms with Crippen LogP contribution in [0.4, 0.5) is 28.9 Å². The van der Waals surface area contributed by atoms with E-state index in [1.807, 2.05) is 91.0 Å². The van der Waals surface area contributed by atoms with Crippen molar-refractivity contribution in [3.05, 3.63) is 279 Å². The van der Waals surface area contributed by atoms with Crippen LogP contribution < -0.4 is 31.5 Å². The van der Waals surface area contributed by atoms with Crippen molar-refractivity contribution in [3.63, 3.8) is 0 Å². The molecule has 566 valence electrons. The van der Waals surface area contributed by atoms with Crippen molar-refractivity contribution in [2.45, 2.75) is 142 Å². The number of phenolic OH excluding ortho intramolecular Hbond substituents is 1. The SMILES string of the molecule is CCCCN1CCCc2ccc(C(=O)N[C@@H](Cc3cc(F)cc(F)c3)[C@H](O)CNCc3cccc(CC)c3)cc21.CCCCN1CCCc2ccc(C(=O)OC)cc21.CCc1cccc(CNC[C@@H](O)[C@@H](N)Cc2cc(F)cc(F)c2)c1.COC(=O)c1ccc2cccnc2c1.Oc1ccc2cccnc2c1. The number of aryl methyl sites for hydroxylation is 4. The van der Waals surface area contributed by atoms with Crippen molar-refractivity contribution in [2.24, 2.45) is 5.73 Å². The number of amides is 1. The third-order valence-corrected chi connectivity index (χ3v) is 18.7. The first-order chi connectivity index (χ1) is 51.8. The van der Waals surface area contributed by atoms with Crippen molar-refractivity contribution in [3.8, 4) is 5.75 Å². The molecule has 8 aromatic carbocycles. The first-order valence-electron chi connectivity index (χ1n) is 37.0. The van der Waals surface area contributed by atoms with E-state index in [1.165, 1.54) is 85.7 Å². The van der Waals surface area contributed by atoms with Crippen LogP contribution in [0.15, 0.2) is 194 Å². The summed E-state index contributed by atoms with van der Waals surface area (Å²) in [6.45, 7) is 14.4. The topological polar surface area (TPSA) is 225 Å². The molecule has 0 saturated heterocycles. The molecule has 8 N–H and O–H groups in total. The summed E-state index contributed by atoms with van der Waals surface area (Å²) in [6.07, 6.45) is 12.8. The number of nitrogens with one attached hydrogen (secondary N) is 3. The summed E-state index contributed by atoms with van der Waals surface area (Å²) in [6, 6.07) is 51.5. The predicted molar refractivity (Wildman–Crippen MR) is 418 cm³/mol. The third kappa shape index (κ3) is 26.1. The number of methoxy groups -OCH3 is 2. The molecule has 0 spiro atoms. The van der Waals surface area contributed by atoms with Crippen LogP contribution in [-0.4, -0.2) is 121 Å². The van der Waals surface area contributed by atoms with E-state index in [0.717, 1.165) is 122 Å². The molecule has 20 heteroatoms. The highest BCUT2D eigenvalue weighted by Gasteiger charge is 2.26. The fourth-order valence-corrected chi connectivity index (χ4v) is 12.8. The maximum Gasteiger partial charge on any atom is 0.337 e. The number of carbonyl (C=O) groups excluding carboxylic acids is 3. The minimum absolute atomic E-state index is 0.0855. The first-order valence-corrected chi connectivity index (χ1v) is 37.0. The number of rotatable bonds is 26. The second-order valence-electron chi connectivity index (χ2n) is 26.8. The Morgan fingerprint density at radius 3 is 1.46 bits per heavy atom. The molecule has 0 fully saturated rings. The lowest BCUT2D eigenvalue weighted by Crippen LogP contribution is -2.48. The van der Waals surface area contributed by atoms with Gasteiger partial charge >= 0.3 is 11.9 Å². The molecule has 0 aliphatic carbocycles. The number of carbonyl (C=O) groups is 3. The zero-order valence-corrected chi connectivity index (χ0v) is 62.2. The Hall–Kier alpha value is -10.1. The van der Waals surface area contributed by atoms with Gasteiger partial charge in [0.15, 0.2) is 0 Å². The fourth-order valence-electron chi connectivity index (χ4n) is 12.8. The summed E-state index contributed by atoms with van der Waals surface area (Å²) >= 11 is 0. The van der Waals surface area contributed by atoms with Gasteiger partial charge in [0.1, 0.15) is 29.0 Å². The number of hydrogen-bond acceptors (Lipinski definition) is 15. The molecular formula is C87H102F4N8O8. The number of unbranched alkanes of at least 4 members (excludes halogenated alkanes) is 2. The van der Waals surface area contributed by atoms with E-state index < -0.39 is 47.6 Å². The fraction of sp³-hybridized carbons (Fsp3) is 0.345. The summed E-state index contributed by atoms with van der Waals surface area (Å²) in [7, 11) is 2.79. The number of nitrogens with two attached hydrogens (primary N) is 1. The second kappa shape index (κ2) is 42.9. The molecule has 2 aliphatic rings. The molecular weight excluding hydrogens is 1360 g/mol.